The average molecular weight is 350 g/mol. The monoisotopic (exact) mass is 350 g/mol. The Bertz CT molecular complexity index is 336. The summed E-state index contributed by atoms with van der Waals surface area (Å²) in [5.74, 6) is 0.123. The molecule has 0 spiro atoms. The number of hydrogen-bond acceptors (Lipinski definition) is 7. The molecule has 136 valence electrons. The van der Waals surface area contributed by atoms with E-state index < -0.39 is 14.9 Å². The van der Waals surface area contributed by atoms with Crippen molar-refractivity contribution in [2.75, 3.05) is 47.8 Å². The molecule has 8 heteroatoms. The molecule has 1 rings (SSSR count). The quantitative estimate of drug-likeness (QED) is 0.217. The Labute approximate surface area is 139 Å². The van der Waals surface area contributed by atoms with Gasteiger partial charge in [-0.1, -0.05) is 12.2 Å². The molecule has 1 fully saturated rings. The molecule has 0 bridgehead atoms. The highest BCUT2D eigenvalue weighted by molar-refractivity contribution is 6.62. The van der Waals surface area contributed by atoms with Crippen LogP contribution in [-0.4, -0.2) is 79.0 Å². The maximum absolute atomic E-state index is 9.34. The highest BCUT2D eigenvalue weighted by Gasteiger charge is 2.53. The zero-order chi connectivity index (χ0) is 17.3. The van der Waals surface area contributed by atoms with Crippen LogP contribution in [0.1, 0.15) is 13.3 Å². The smallest absolute Gasteiger partial charge is 0.394 e. The van der Waals surface area contributed by atoms with Gasteiger partial charge < -0.3 is 33.0 Å². The average Bonchev–Trinajstić information content (AvgIpc) is 3.41. The van der Waals surface area contributed by atoms with Gasteiger partial charge in [0.25, 0.3) is 0 Å². The van der Waals surface area contributed by atoms with Crippen LogP contribution in [0.3, 0.4) is 0 Å². The Kier molecular flexibility index (Phi) is 9.48. The van der Waals surface area contributed by atoms with Gasteiger partial charge in [0.2, 0.25) is 0 Å². The molecule has 4 unspecified atom stereocenters. The standard InChI is InChI=1S/C15H30O7Si/c1-5-6-13(14-11-22-14)15(23(18-2,19-3)20-4)7-8-21-10-12(17)9-16/h5-6,12-17H,7-11H2,1-4H3. The number of aliphatic hydroxyl groups excluding tert-OH is 2. The Hall–Kier alpha value is -0.323. The number of rotatable bonds is 13. The van der Waals surface area contributed by atoms with Crippen molar-refractivity contribution in [1.29, 1.82) is 0 Å². The maximum atomic E-state index is 9.34. The molecule has 0 radical (unpaired) electrons. The molecular weight excluding hydrogens is 320 g/mol. The van der Waals surface area contributed by atoms with Crippen LogP contribution in [0.4, 0.5) is 0 Å². The molecule has 2 N–H and O–H groups in total. The van der Waals surface area contributed by atoms with Gasteiger partial charge in [-0.3, -0.25) is 0 Å². The van der Waals surface area contributed by atoms with E-state index in [1.54, 1.807) is 21.3 Å². The minimum absolute atomic E-state index is 0.0162. The molecule has 1 saturated heterocycles. The number of aliphatic hydroxyl groups is 2. The zero-order valence-electron chi connectivity index (χ0n) is 14.4. The molecule has 1 heterocycles. The topological polar surface area (TPSA) is 89.9 Å². The Morgan fingerprint density at radius 1 is 1.26 bits per heavy atom. The van der Waals surface area contributed by atoms with E-state index in [1.165, 1.54) is 0 Å². The second kappa shape index (κ2) is 10.5. The molecule has 0 amide bonds. The molecule has 0 aromatic rings. The van der Waals surface area contributed by atoms with Crippen molar-refractivity contribution >= 4 is 8.80 Å². The van der Waals surface area contributed by atoms with Gasteiger partial charge >= 0.3 is 8.80 Å². The van der Waals surface area contributed by atoms with Crippen molar-refractivity contribution in [3.8, 4) is 0 Å². The summed E-state index contributed by atoms with van der Waals surface area (Å²) in [4.78, 5) is 0. The van der Waals surface area contributed by atoms with Crippen LogP contribution in [0.5, 0.6) is 0 Å². The summed E-state index contributed by atoms with van der Waals surface area (Å²) < 4.78 is 27.9. The van der Waals surface area contributed by atoms with Crippen molar-refractivity contribution in [1.82, 2.24) is 0 Å². The van der Waals surface area contributed by atoms with Crippen molar-refractivity contribution < 1.29 is 33.0 Å². The number of hydrogen-bond donors (Lipinski definition) is 2. The predicted octanol–water partition coefficient (Wildman–Crippen LogP) is 0.586. The summed E-state index contributed by atoms with van der Waals surface area (Å²) in [5, 5.41) is 18.2. The first kappa shape index (κ1) is 20.7. The van der Waals surface area contributed by atoms with Crippen molar-refractivity contribution in [2.24, 2.45) is 5.92 Å². The van der Waals surface area contributed by atoms with Gasteiger partial charge in [0.15, 0.2) is 0 Å². The van der Waals surface area contributed by atoms with Gasteiger partial charge in [-0.15, -0.1) is 0 Å². The van der Waals surface area contributed by atoms with Crippen molar-refractivity contribution in [3.05, 3.63) is 12.2 Å². The SMILES string of the molecule is CC=CC(C1CO1)C(CCOCC(O)CO)[Si](OC)(OC)OC. The Morgan fingerprint density at radius 2 is 1.87 bits per heavy atom. The molecular formula is C15H30O7Si. The molecule has 0 saturated carbocycles. The third-order valence-electron chi connectivity index (χ3n) is 4.07. The predicted molar refractivity (Wildman–Crippen MR) is 87.1 cm³/mol. The van der Waals surface area contributed by atoms with E-state index >= 15 is 0 Å². The fourth-order valence-electron chi connectivity index (χ4n) is 2.81. The van der Waals surface area contributed by atoms with Crippen LogP contribution in [0.25, 0.3) is 0 Å². The number of epoxide rings is 1. The summed E-state index contributed by atoms with van der Waals surface area (Å²) in [6.45, 7) is 2.88. The normalized spacial score (nSPS) is 22.3. The second-order valence-corrected chi connectivity index (χ2v) is 8.67. The first-order valence-corrected chi connectivity index (χ1v) is 9.65. The third kappa shape index (κ3) is 5.91. The third-order valence-corrected chi connectivity index (χ3v) is 7.36. The Balaban J connectivity index is 2.78. The molecule has 7 nitrogen and oxygen atoms in total. The van der Waals surface area contributed by atoms with Crippen LogP contribution in [0.2, 0.25) is 5.54 Å². The first-order chi connectivity index (χ1) is 11.1. The minimum atomic E-state index is -2.88. The molecule has 1 aliphatic rings. The van der Waals surface area contributed by atoms with E-state index in [2.05, 4.69) is 6.08 Å². The van der Waals surface area contributed by atoms with Crippen LogP contribution in [0.15, 0.2) is 12.2 Å². The fraction of sp³-hybridized carbons (Fsp3) is 0.867. The van der Waals surface area contributed by atoms with Gasteiger partial charge in [0.1, 0.15) is 6.10 Å². The minimum Gasteiger partial charge on any atom is -0.394 e. The van der Waals surface area contributed by atoms with E-state index in [-0.39, 0.29) is 30.8 Å². The summed E-state index contributed by atoms with van der Waals surface area (Å²) in [6, 6.07) is 0. The van der Waals surface area contributed by atoms with Crippen LogP contribution in [-0.2, 0) is 22.8 Å². The van der Waals surface area contributed by atoms with E-state index in [9.17, 15) is 5.11 Å². The molecule has 0 aliphatic carbocycles. The lowest BCUT2D eigenvalue weighted by molar-refractivity contribution is 0.00215. The van der Waals surface area contributed by atoms with Gasteiger partial charge in [-0.05, 0) is 13.3 Å². The molecule has 4 atom stereocenters. The van der Waals surface area contributed by atoms with Gasteiger partial charge in [0, 0.05) is 39.4 Å². The van der Waals surface area contributed by atoms with E-state index in [0.717, 1.165) is 6.61 Å². The summed E-state index contributed by atoms with van der Waals surface area (Å²) in [5.41, 5.74) is -0.0162. The van der Waals surface area contributed by atoms with E-state index in [1.807, 2.05) is 13.0 Å². The Morgan fingerprint density at radius 3 is 2.30 bits per heavy atom. The van der Waals surface area contributed by atoms with Crippen molar-refractivity contribution in [3.63, 3.8) is 0 Å². The van der Waals surface area contributed by atoms with Crippen LogP contribution in [0, 0.1) is 5.92 Å². The van der Waals surface area contributed by atoms with Gasteiger partial charge in [0.05, 0.1) is 25.9 Å². The van der Waals surface area contributed by atoms with E-state index in [0.29, 0.717) is 13.0 Å². The zero-order valence-corrected chi connectivity index (χ0v) is 15.4. The first-order valence-electron chi connectivity index (χ1n) is 7.85. The molecule has 23 heavy (non-hydrogen) atoms. The molecule has 0 aromatic carbocycles. The lowest BCUT2D eigenvalue weighted by Gasteiger charge is -2.36. The van der Waals surface area contributed by atoms with Gasteiger partial charge in [-0.2, -0.15) is 0 Å². The largest absolute Gasteiger partial charge is 0.504 e. The summed E-state index contributed by atoms with van der Waals surface area (Å²) in [6.07, 6.45) is 4.03. The lowest BCUT2D eigenvalue weighted by atomic mass is 9.98. The highest BCUT2D eigenvalue weighted by atomic mass is 28.4. The van der Waals surface area contributed by atoms with Gasteiger partial charge in [-0.25, -0.2) is 0 Å². The summed E-state index contributed by atoms with van der Waals surface area (Å²) in [7, 11) is 1.92. The van der Waals surface area contributed by atoms with E-state index in [4.69, 9.17) is 27.9 Å². The van der Waals surface area contributed by atoms with Crippen LogP contribution >= 0.6 is 0 Å². The highest BCUT2D eigenvalue weighted by Crippen LogP contribution is 2.41. The molecule has 1 aliphatic heterocycles. The number of ether oxygens (including phenoxy) is 2. The van der Waals surface area contributed by atoms with Crippen LogP contribution < -0.4 is 0 Å². The number of allylic oxidation sites excluding steroid dienone is 1. The fourth-order valence-corrected chi connectivity index (χ4v) is 5.49. The maximum Gasteiger partial charge on any atom is 0.504 e. The van der Waals surface area contributed by atoms with Crippen molar-refractivity contribution in [2.45, 2.75) is 31.1 Å². The second-order valence-electron chi connectivity index (χ2n) is 5.50. The summed E-state index contributed by atoms with van der Waals surface area (Å²) >= 11 is 0. The lowest BCUT2D eigenvalue weighted by Crippen LogP contribution is -2.51. The molecule has 0 aromatic heterocycles.